The number of aromatic nitrogens is 1. The van der Waals surface area contributed by atoms with E-state index >= 15 is 0 Å². The third kappa shape index (κ3) is 4.51. The molecule has 0 aliphatic heterocycles. The second-order valence-electron chi connectivity index (χ2n) is 5.49. The zero-order valence-electron chi connectivity index (χ0n) is 14.1. The highest BCUT2D eigenvalue weighted by molar-refractivity contribution is 6.32. The molecule has 138 valence electrons. The molecule has 0 radical (unpaired) electrons. The van der Waals surface area contributed by atoms with E-state index in [2.05, 4.69) is 15.6 Å². The second kappa shape index (κ2) is 8.01. The largest absolute Gasteiger partial charge is 0.495 e. The Kier molecular flexibility index (Phi) is 5.52. The van der Waals surface area contributed by atoms with Crippen molar-refractivity contribution in [1.29, 1.82) is 0 Å². The SMILES string of the molecule is COc1ccc(Nc2cc(C(=O)Nc3ccc(F)c(F)c3)ccn2)cc1Cl. The molecule has 1 heterocycles. The highest BCUT2D eigenvalue weighted by Crippen LogP contribution is 2.28. The molecule has 2 N–H and O–H groups in total. The molecule has 2 aromatic carbocycles. The Morgan fingerprint density at radius 1 is 1.04 bits per heavy atom. The first-order valence-electron chi connectivity index (χ1n) is 7.79. The molecule has 1 amide bonds. The van der Waals surface area contributed by atoms with Crippen LogP contribution in [0.25, 0.3) is 0 Å². The molecule has 0 fully saturated rings. The van der Waals surface area contributed by atoms with E-state index in [4.69, 9.17) is 16.3 Å². The van der Waals surface area contributed by atoms with Crippen LogP contribution in [0.2, 0.25) is 5.02 Å². The first-order chi connectivity index (χ1) is 13.0. The number of carbonyl (C=O) groups is 1. The van der Waals surface area contributed by atoms with Crippen LogP contribution in [-0.4, -0.2) is 18.0 Å². The predicted molar refractivity (Wildman–Crippen MR) is 99.8 cm³/mol. The Balaban J connectivity index is 1.75. The minimum Gasteiger partial charge on any atom is -0.495 e. The van der Waals surface area contributed by atoms with Crippen LogP contribution in [0.3, 0.4) is 0 Å². The van der Waals surface area contributed by atoms with Crippen LogP contribution in [0.4, 0.5) is 26.0 Å². The van der Waals surface area contributed by atoms with Crippen LogP contribution in [-0.2, 0) is 0 Å². The van der Waals surface area contributed by atoms with Gasteiger partial charge in [-0.2, -0.15) is 0 Å². The van der Waals surface area contributed by atoms with Crippen molar-refractivity contribution in [3.8, 4) is 5.75 Å². The summed E-state index contributed by atoms with van der Waals surface area (Å²) >= 11 is 6.08. The van der Waals surface area contributed by atoms with Crippen LogP contribution in [0.15, 0.2) is 54.7 Å². The minimum atomic E-state index is -1.04. The molecule has 0 bridgehead atoms. The number of methoxy groups -OCH3 is 1. The summed E-state index contributed by atoms with van der Waals surface area (Å²) in [6.45, 7) is 0. The smallest absolute Gasteiger partial charge is 0.255 e. The molecule has 0 unspecified atom stereocenters. The van der Waals surface area contributed by atoms with Crippen LogP contribution in [0.5, 0.6) is 5.75 Å². The number of ether oxygens (including phenoxy) is 1. The second-order valence-corrected chi connectivity index (χ2v) is 5.89. The van der Waals surface area contributed by atoms with Crippen molar-refractivity contribution in [3.05, 3.63) is 76.9 Å². The fraction of sp³-hybridized carbons (Fsp3) is 0.0526. The Morgan fingerprint density at radius 2 is 1.81 bits per heavy atom. The summed E-state index contributed by atoms with van der Waals surface area (Å²) in [5.41, 5.74) is 1.09. The molecule has 3 rings (SSSR count). The van der Waals surface area contributed by atoms with Crippen LogP contribution in [0.1, 0.15) is 10.4 Å². The first kappa shape index (κ1) is 18.6. The van der Waals surface area contributed by atoms with E-state index in [1.165, 1.54) is 31.5 Å². The van der Waals surface area contributed by atoms with E-state index in [0.717, 1.165) is 12.1 Å². The number of benzene rings is 2. The summed E-state index contributed by atoms with van der Waals surface area (Å²) in [6, 6.07) is 11.3. The van der Waals surface area contributed by atoms with E-state index in [1.54, 1.807) is 18.2 Å². The highest BCUT2D eigenvalue weighted by Gasteiger charge is 2.10. The lowest BCUT2D eigenvalue weighted by Gasteiger charge is -2.10. The van der Waals surface area contributed by atoms with Gasteiger partial charge in [-0.15, -0.1) is 0 Å². The van der Waals surface area contributed by atoms with Crippen molar-refractivity contribution < 1.29 is 18.3 Å². The fourth-order valence-electron chi connectivity index (χ4n) is 2.31. The topological polar surface area (TPSA) is 63.2 Å². The van der Waals surface area contributed by atoms with Crippen LogP contribution < -0.4 is 15.4 Å². The third-order valence-corrected chi connectivity index (χ3v) is 3.92. The summed E-state index contributed by atoms with van der Waals surface area (Å²) in [6.07, 6.45) is 1.45. The van der Waals surface area contributed by atoms with Crippen molar-refractivity contribution in [2.24, 2.45) is 0 Å². The van der Waals surface area contributed by atoms with Crippen molar-refractivity contribution in [2.45, 2.75) is 0 Å². The fourth-order valence-corrected chi connectivity index (χ4v) is 2.57. The summed E-state index contributed by atoms with van der Waals surface area (Å²) in [7, 11) is 1.52. The maximum atomic E-state index is 13.3. The number of halogens is 3. The molecule has 1 aromatic heterocycles. The number of anilines is 3. The number of carbonyl (C=O) groups excluding carboxylic acids is 1. The molecular formula is C19H14ClF2N3O2. The van der Waals surface area contributed by atoms with Gasteiger partial charge in [-0.25, -0.2) is 13.8 Å². The number of hydrogen-bond donors (Lipinski definition) is 2. The highest BCUT2D eigenvalue weighted by atomic mass is 35.5. The van der Waals surface area contributed by atoms with Gasteiger partial charge in [-0.1, -0.05) is 11.6 Å². The lowest BCUT2D eigenvalue weighted by atomic mass is 10.2. The van der Waals surface area contributed by atoms with Gasteiger partial charge < -0.3 is 15.4 Å². The van der Waals surface area contributed by atoms with E-state index in [1.807, 2.05) is 0 Å². The molecule has 0 atom stereocenters. The molecule has 8 heteroatoms. The van der Waals surface area contributed by atoms with Gasteiger partial charge in [0.05, 0.1) is 12.1 Å². The van der Waals surface area contributed by atoms with Gasteiger partial charge in [0.15, 0.2) is 11.6 Å². The molecule has 3 aromatic rings. The number of amides is 1. The van der Waals surface area contributed by atoms with Gasteiger partial charge in [-0.05, 0) is 42.5 Å². The average molecular weight is 390 g/mol. The van der Waals surface area contributed by atoms with Gasteiger partial charge >= 0.3 is 0 Å². The Labute approximate surface area is 159 Å². The van der Waals surface area contributed by atoms with E-state index < -0.39 is 17.5 Å². The van der Waals surface area contributed by atoms with E-state index in [0.29, 0.717) is 22.3 Å². The average Bonchev–Trinajstić information content (AvgIpc) is 2.65. The molecule has 0 saturated heterocycles. The molecule has 0 aliphatic carbocycles. The lowest BCUT2D eigenvalue weighted by molar-refractivity contribution is 0.102. The normalized spacial score (nSPS) is 10.4. The quantitative estimate of drug-likeness (QED) is 0.643. The number of pyridine rings is 1. The zero-order valence-corrected chi connectivity index (χ0v) is 14.8. The Hall–Kier alpha value is -3.19. The summed E-state index contributed by atoms with van der Waals surface area (Å²) in [4.78, 5) is 16.5. The zero-order chi connectivity index (χ0) is 19.4. The maximum Gasteiger partial charge on any atom is 0.255 e. The molecular weight excluding hydrogens is 376 g/mol. The van der Waals surface area contributed by atoms with Gasteiger partial charge in [0, 0.05) is 29.2 Å². The van der Waals surface area contributed by atoms with Crippen LogP contribution in [0, 0.1) is 11.6 Å². The molecule has 5 nitrogen and oxygen atoms in total. The standard InChI is InChI=1S/C19H14ClF2N3O2/c1-27-17-5-3-12(9-14(17)20)24-18-8-11(6-7-23-18)19(26)25-13-2-4-15(21)16(22)10-13/h2-10H,1H3,(H,23,24)(H,25,26). The minimum absolute atomic E-state index is 0.146. The monoisotopic (exact) mass is 389 g/mol. The van der Waals surface area contributed by atoms with Crippen molar-refractivity contribution >= 4 is 34.7 Å². The summed E-state index contributed by atoms with van der Waals surface area (Å²) < 4.78 is 31.3. The van der Waals surface area contributed by atoms with Crippen molar-refractivity contribution in [3.63, 3.8) is 0 Å². The van der Waals surface area contributed by atoms with Gasteiger partial charge in [-0.3, -0.25) is 4.79 Å². The molecule has 0 saturated carbocycles. The van der Waals surface area contributed by atoms with Crippen molar-refractivity contribution in [2.75, 3.05) is 17.7 Å². The summed E-state index contributed by atoms with van der Waals surface area (Å²) in [5.74, 6) is -1.56. The van der Waals surface area contributed by atoms with Gasteiger partial charge in [0.2, 0.25) is 0 Å². The predicted octanol–water partition coefficient (Wildman–Crippen LogP) is 5.02. The van der Waals surface area contributed by atoms with Crippen molar-refractivity contribution in [1.82, 2.24) is 4.98 Å². The number of rotatable bonds is 5. The molecule has 0 aliphatic rings. The number of hydrogen-bond acceptors (Lipinski definition) is 4. The third-order valence-electron chi connectivity index (χ3n) is 3.62. The number of nitrogens with zero attached hydrogens (tertiary/aromatic N) is 1. The van der Waals surface area contributed by atoms with Gasteiger partial charge in [0.25, 0.3) is 5.91 Å². The van der Waals surface area contributed by atoms with Gasteiger partial charge in [0.1, 0.15) is 11.6 Å². The Morgan fingerprint density at radius 3 is 2.52 bits per heavy atom. The van der Waals surface area contributed by atoms with E-state index in [9.17, 15) is 13.6 Å². The Bertz CT molecular complexity index is 998. The lowest BCUT2D eigenvalue weighted by Crippen LogP contribution is -2.12. The number of nitrogens with one attached hydrogen (secondary N) is 2. The first-order valence-corrected chi connectivity index (χ1v) is 8.17. The maximum absolute atomic E-state index is 13.3. The molecule has 0 spiro atoms. The summed E-state index contributed by atoms with van der Waals surface area (Å²) in [5, 5.41) is 5.96. The molecule has 27 heavy (non-hydrogen) atoms. The van der Waals surface area contributed by atoms with Crippen LogP contribution >= 0.6 is 11.6 Å². The van der Waals surface area contributed by atoms with E-state index in [-0.39, 0.29) is 11.3 Å².